The average Bonchev–Trinajstić information content (AvgIpc) is 3.44. The van der Waals surface area contributed by atoms with E-state index in [2.05, 4.69) is 29.6 Å². The molecule has 0 radical (unpaired) electrons. The predicted octanol–water partition coefficient (Wildman–Crippen LogP) is 4.02. The van der Waals surface area contributed by atoms with Crippen LogP contribution in [0, 0.1) is 5.92 Å². The van der Waals surface area contributed by atoms with Crippen molar-refractivity contribution in [3.63, 3.8) is 0 Å². The molecule has 2 N–H and O–H groups in total. The molecule has 2 aliphatic rings. The Balaban J connectivity index is 1.28. The highest BCUT2D eigenvalue weighted by Gasteiger charge is 2.31. The lowest BCUT2D eigenvalue weighted by molar-refractivity contribution is -0.141. The minimum Gasteiger partial charge on any atom is -0.481 e. The molecule has 0 spiro atoms. The van der Waals surface area contributed by atoms with Gasteiger partial charge < -0.3 is 20.1 Å². The van der Waals surface area contributed by atoms with E-state index < -0.39 is 18.0 Å². The Kier molecular flexibility index (Phi) is 6.96. The summed E-state index contributed by atoms with van der Waals surface area (Å²) in [5.74, 6) is -1.39. The number of rotatable bonds is 8. The lowest BCUT2D eigenvalue weighted by Gasteiger charge is -2.20. The number of hydrogen-bond acceptors (Lipinski definition) is 4. The third kappa shape index (κ3) is 5.02. The van der Waals surface area contributed by atoms with Crippen LogP contribution in [0.3, 0.4) is 0 Å². The summed E-state index contributed by atoms with van der Waals surface area (Å²) in [6, 6.07) is 16.2. The molecule has 1 saturated heterocycles. The number of carbonyl (C=O) groups is 3. The van der Waals surface area contributed by atoms with Gasteiger partial charge in [0.25, 0.3) is 0 Å². The van der Waals surface area contributed by atoms with Crippen molar-refractivity contribution in [3.05, 3.63) is 59.7 Å². The molecular weight excluding hydrogens is 420 g/mol. The van der Waals surface area contributed by atoms with Gasteiger partial charge >= 0.3 is 12.1 Å². The first-order valence-corrected chi connectivity index (χ1v) is 11.6. The van der Waals surface area contributed by atoms with Crippen LogP contribution in [-0.2, 0) is 14.3 Å². The second kappa shape index (κ2) is 10.1. The predicted molar refractivity (Wildman–Crippen MR) is 124 cm³/mol. The van der Waals surface area contributed by atoms with Gasteiger partial charge in [0.05, 0.1) is 5.92 Å². The average molecular weight is 451 g/mol. The number of alkyl carbamates (subject to hydrolysis) is 1. The first-order valence-electron chi connectivity index (χ1n) is 11.6. The van der Waals surface area contributed by atoms with Crippen LogP contribution in [0.25, 0.3) is 11.1 Å². The Morgan fingerprint density at radius 2 is 1.73 bits per heavy atom. The van der Waals surface area contributed by atoms with Crippen molar-refractivity contribution in [1.29, 1.82) is 0 Å². The second-order valence-corrected chi connectivity index (χ2v) is 8.78. The molecule has 2 amide bonds. The van der Waals surface area contributed by atoms with Gasteiger partial charge in [-0.1, -0.05) is 55.5 Å². The topological polar surface area (TPSA) is 95.9 Å². The molecule has 0 bridgehead atoms. The van der Waals surface area contributed by atoms with Crippen LogP contribution in [0.15, 0.2) is 48.5 Å². The summed E-state index contributed by atoms with van der Waals surface area (Å²) in [5, 5.41) is 12.0. The van der Waals surface area contributed by atoms with Crippen molar-refractivity contribution >= 4 is 18.0 Å². The molecule has 1 fully saturated rings. The quantitative estimate of drug-likeness (QED) is 0.633. The van der Waals surface area contributed by atoms with Crippen molar-refractivity contribution in [3.8, 4) is 11.1 Å². The lowest BCUT2D eigenvalue weighted by Crippen LogP contribution is -2.37. The molecule has 1 aliphatic heterocycles. The van der Waals surface area contributed by atoms with Gasteiger partial charge in [-0.2, -0.15) is 0 Å². The van der Waals surface area contributed by atoms with Crippen molar-refractivity contribution < 1.29 is 24.2 Å². The molecule has 2 aromatic carbocycles. The highest BCUT2D eigenvalue weighted by molar-refractivity contribution is 5.80. The van der Waals surface area contributed by atoms with Crippen LogP contribution in [0.1, 0.15) is 49.7 Å². The molecule has 33 heavy (non-hydrogen) atoms. The van der Waals surface area contributed by atoms with Crippen LogP contribution in [0.5, 0.6) is 0 Å². The SMILES string of the molecule is CCC(CCC(=O)N1CCC(C(=O)O)C1)NC(=O)OCC1c2ccccc2-c2ccccc21. The zero-order chi connectivity index (χ0) is 23.4. The number of carboxylic acids is 1. The van der Waals surface area contributed by atoms with E-state index >= 15 is 0 Å². The number of nitrogens with zero attached hydrogens (tertiary/aromatic N) is 1. The van der Waals surface area contributed by atoms with Gasteiger partial charge in [0.2, 0.25) is 5.91 Å². The number of likely N-dealkylation sites (tertiary alicyclic amines) is 1. The third-order valence-electron chi connectivity index (χ3n) is 6.76. The van der Waals surface area contributed by atoms with E-state index in [1.54, 1.807) is 4.90 Å². The van der Waals surface area contributed by atoms with Gasteiger partial charge in [0, 0.05) is 31.5 Å². The van der Waals surface area contributed by atoms with Crippen LogP contribution >= 0.6 is 0 Å². The van der Waals surface area contributed by atoms with E-state index in [1.807, 2.05) is 31.2 Å². The van der Waals surface area contributed by atoms with Crippen molar-refractivity contribution in [2.75, 3.05) is 19.7 Å². The van der Waals surface area contributed by atoms with Crippen LogP contribution < -0.4 is 5.32 Å². The van der Waals surface area contributed by atoms with Crippen molar-refractivity contribution in [2.45, 2.75) is 44.6 Å². The molecule has 7 heteroatoms. The zero-order valence-electron chi connectivity index (χ0n) is 18.8. The fraction of sp³-hybridized carbons (Fsp3) is 0.423. The molecule has 174 valence electrons. The molecule has 1 aliphatic carbocycles. The van der Waals surface area contributed by atoms with Crippen molar-refractivity contribution in [1.82, 2.24) is 10.2 Å². The van der Waals surface area contributed by atoms with Gasteiger partial charge in [-0.3, -0.25) is 9.59 Å². The maximum Gasteiger partial charge on any atom is 0.407 e. The van der Waals surface area contributed by atoms with E-state index in [0.717, 1.165) is 11.1 Å². The largest absolute Gasteiger partial charge is 0.481 e. The molecule has 2 aromatic rings. The first kappa shape index (κ1) is 22.8. The van der Waals surface area contributed by atoms with E-state index in [-0.39, 0.29) is 37.4 Å². The molecule has 0 saturated carbocycles. The third-order valence-corrected chi connectivity index (χ3v) is 6.76. The lowest BCUT2D eigenvalue weighted by atomic mass is 9.98. The van der Waals surface area contributed by atoms with Gasteiger partial charge in [-0.05, 0) is 41.5 Å². The fourth-order valence-electron chi connectivity index (χ4n) is 4.83. The minimum absolute atomic E-state index is 0.00199. The van der Waals surface area contributed by atoms with E-state index in [1.165, 1.54) is 11.1 Å². The number of ether oxygens (including phenoxy) is 1. The highest BCUT2D eigenvalue weighted by Crippen LogP contribution is 2.44. The molecule has 2 atom stereocenters. The Morgan fingerprint density at radius 1 is 1.09 bits per heavy atom. The fourth-order valence-corrected chi connectivity index (χ4v) is 4.83. The second-order valence-electron chi connectivity index (χ2n) is 8.78. The van der Waals surface area contributed by atoms with E-state index in [0.29, 0.717) is 25.8 Å². The van der Waals surface area contributed by atoms with Crippen LogP contribution in [0.2, 0.25) is 0 Å². The normalized spacial score (nSPS) is 17.8. The Hall–Kier alpha value is -3.35. The Morgan fingerprint density at radius 3 is 2.30 bits per heavy atom. The van der Waals surface area contributed by atoms with Gasteiger partial charge in [-0.25, -0.2) is 4.79 Å². The molecule has 4 rings (SSSR count). The molecule has 0 aromatic heterocycles. The summed E-state index contributed by atoms with van der Waals surface area (Å²) >= 11 is 0. The monoisotopic (exact) mass is 450 g/mol. The summed E-state index contributed by atoms with van der Waals surface area (Å²) < 4.78 is 5.61. The minimum atomic E-state index is -0.853. The van der Waals surface area contributed by atoms with E-state index in [4.69, 9.17) is 9.84 Å². The maximum atomic E-state index is 12.5. The van der Waals surface area contributed by atoms with Crippen LogP contribution in [0.4, 0.5) is 4.79 Å². The van der Waals surface area contributed by atoms with Crippen molar-refractivity contribution in [2.24, 2.45) is 5.92 Å². The summed E-state index contributed by atoms with van der Waals surface area (Å²) in [6.07, 6.45) is 1.46. The zero-order valence-corrected chi connectivity index (χ0v) is 18.8. The number of hydrogen-bond donors (Lipinski definition) is 2. The Labute approximate surface area is 193 Å². The molecule has 2 unspecified atom stereocenters. The number of fused-ring (bicyclic) bond motifs is 3. The summed E-state index contributed by atoms with van der Waals surface area (Å²) in [4.78, 5) is 37.7. The molecule has 7 nitrogen and oxygen atoms in total. The summed E-state index contributed by atoms with van der Waals surface area (Å²) in [6.45, 7) is 2.95. The van der Waals surface area contributed by atoms with Gasteiger partial charge in [-0.15, -0.1) is 0 Å². The van der Waals surface area contributed by atoms with Gasteiger partial charge in [0.1, 0.15) is 6.61 Å². The highest BCUT2D eigenvalue weighted by atomic mass is 16.5. The molecule has 1 heterocycles. The number of nitrogens with one attached hydrogen (secondary N) is 1. The summed E-state index contributed by atoms with van der Waals surface area (Å²) in [7, 11) is 0. The van der Waals surface area contributed by atoms with Gasteiger partial charge in [0.15, 0.2) is 0 Å². The number of amides is 2. The maximum absolute atomic E-state index is 12.5. The molecular formula is C26H30N2O5. The number of benzene rings is 2. The smallest absolute Gasteiger partial charge is 0.407 e. The Bertz CT molecular complexity index is 991. The first-order chi connectivity index (χ1) is 16.0. The van der Waals surface area contributed by atoms with E-state index in [9.17, 15) is 14.4 Å². The number of aliphatic carboxylic acids is 1. The standard InChI is InChI=1S/C26H30N2O5/c1-2-18(11-12-24(29)28-14-13-17(15-28)25(30)31)27-26(32)33-16-23-21-9-5-3-7-19(21)20-8-4-6-10-22(20)23/h3-10,17-18,23H,2,11-16H2,1H3,(H,27,32)(H,30,31). The van der Waals surface area contributed by atoms with Crippen LogP contribution in [-0.4, -0.2) is 53.7 Å². The summed E-state index contributed by atoms with van der Waals surface area (Å²) in [5.41, 5.74) is 4.68. The number of carbonyl (C=O) groups excluding carboxylic acids is 2. The number of carboxylic acid groups (broad SMARTS) is 1.